The summed E-state index contributed by atoms with van der Waals surface area (Å²) in [6.07, 6.45) is -2.57. The monoisotopic (exact) mass is 178 g/mol. The van der Waals surface area contributed by atoms with Gasteiger partial charge >= 0.3 is 12.2 Å². The van der Waals surface area contributed by atoms with Crippen molar-refractivity contribution in [2.24, 2.45) is 0 Å². The summed E-state index contributed by atoms with van der Waals surface area (Å²) in [5.41, 5.74) is 0. The van der Waals surface area contributed by atoms with Crippen LogP contribution in [-0.2, 0) is 0 Å². The molecule has 0 heterocycles. The van der Waals surface area contributed by atoms with Crippen LogP contribution in [0.5, 0.6) is 0 Å². The second-order valence-electron chi connectivity index (χ2n) is 2.02. The van der Waals surface area contributed by atoms with Gasteiger partial charge in [-0.1, -0.05) is 0 Å². The van der Waals surface area contributed by atoms with Crippen LogP contribution < -0.4 is 10.6 Å². The number of hydrogen-bond donors (Lipinski definition) is 5. The van der Waals surface area contributed by atoms with E-state index >= 15 is 0 Å². The Balaban J connectivity index is 3.67. The van der Waals surface area contributed by atoms with Crippen LogP contribution >= 0.6 is 0 Å². The lowest BCUT2D eigenvalue weighted by Crippen LogP contribution is -2.45. The summed E-state index contributed by atoms with van der Waals surface area (Å²) in [6, 6.07) is -0.807. The number of carbonyl (C=O) groups is 2. The molecule has 7 nitrogen and oxygen atoms in total. The third-order valence-corrected chi connectivity index (χ3v) is 1.05. The Bertz CT molecular complexity index is 171. The fourth-order valence-electron chi connectivity index (χ4n) is 0.546. The summed E-state index contributed by atoms with van der Waals surface area (Å²) in [5.74, 6) is 0. The number of aliphatic hydroxyl groups excluding tert-OH is 1. The van der Waals surface area contributed by atoms with Crippen molar-refractivity contribution in [3.8, 4) is 0 Å². The quantitative estimate of drug-likeness (QED) is 0.373. The molecule has 2 amide bonds. The highest BCUT2D eigenvalue weighted by Crippen LogP contribution is 1.79. The van der Waals surface area contributed by atoms with Gasteiger partial charge in [0.1, 0.15) is 0 Å². The summed E-state index contributed by atoms with van der Waals surface area (Å²) in [4.78, 5) is 20.0. The maximum absolute atomic E-state index is 10.0. The van der Waals surface area contributed by atoms with Crippen LogP contribution in [0.2, 0.25) is 0 Å². The minimum Gasteiger partial charge on any atom is -0.465 e. The molecule has 0 aliphatic carbocycles. The van der Waals surface area contributed by atoms with Gasteiger partial charge in [0.15, 0.2) is 0 Å². The van der Waals surface area contributed by atoms with Crippen molar-refractivity contribution < 1.29 is 24.9 Å². The van der Waals surface area contributed by atoms with Crippen LogP contribution in [0.25, 0.3) is 0 Å². The van der Waals surface area contributed by atoms with Crippen molar-refractivity contribution in [2.45, 2.75) is 6.04 Å². The normalized spacial score (nSPS) is 11.8. The molecule has 0 saturated heterocycles. The van der Waals surface area contributed by atoms with Crippen molar-refractivity contribution in [1.82, 2.24) is 10.6 Å². The van der Waals surface area contributed by atoms with Crippen LogP contribution in [0.3, 0.4) is 0 Å². The van der Waals surface area contributed by atoms with E-state index in [1.165, 1.54) is 0 Å². The predicted octanol–water partition coefficient (Wildman–Crippen LogP) is -1.12. The highest BCUT2D eigenvalue weighted by molar-refractivity contribution is 5.66. The van der Waals surface area contributed by atoms with E-state index in [0.717, 1.165) is 0 Å². The van der Waals surface area contributed by atoms with Gasteiger partial charge in [-0.2, -0.15) is 0 Å². The fourth-order valence-corrected chi connectivity index (χ4v) is 0.546. The van der Waals surface area contributed by atoms with E-state index in [4.69, 9.17) is 15.3 Å². The summed E-state index contributed by atoms with van der Waals surface area (Å²) in [5, 5.41) is 28.7. The third kappa shape index (κ3) is 5.30. The van der Waals surface area contributed by atoms with Gasteiger partial charge in [-0.05, 0) is 0 Å². The Kier molecular flexibility index (Phi) is 4.54. The summed E-state index contributed by atoms with van der Waals surface area (Å²) in [7, 11) is 0. The number of hydrogen-bond acceptors (Lipinski definition) is 3. The second-order valence-corrected chi connectivity index (χ2v) is 2.02. The Morgan fingerprint density at radius 1 is 1.25 bits per heavy atom. The molecule has 70 valence electrons. The lowest BCUT2D eigenvalue weighted by molar-refractivity contribution is 0.171. The fraction of sp³-hybridized carbons (Fsp3) is 0.600. The third-order valence-electron chi connectivity index (χ3n) is 1.05. The van der Waals surface area contributed by atoms with Gasteiger partial charge in [0.05, 0.1) is 12.6 Å². The summed E-state index contributed by atoms with van der Waals surface area (Å²) in [6.45, 7) is -0.606. The van der Waals surface area contributed by atoms with Crippen LogP contribution in [0.4, 0.5) is 9.59 Å². The molecule has 0 bridgehead atoms. The molecular formula is C5H10N2O5. The smallest absolute Gasteiger partial charge is 0.405 e. The van der Waals surface area contributed by atoms with Crippen molar-refractivity contribution >= 4 is 12.2 Å². The van der Waals surface area contributed by atoms with Gasteiger partial charge in [-0.3, -0.25) is 0 Å². The summed E-state index contributed by atoms with van der Waals surface area (Å²) >= 11 is 0. The maximum Gasteiger partial charge on any atom is 0.405 e. The Hall–Kier alpha value is -1.50. The van der Waals surface area contributed by atoms with E-state index in [1.807, 2.05) is 10.6 Å². The van der Waals surface area contributed by atoms with Crippen molar-refractivity contribution in [2.75, 3.05) is 13.2 Å². The van der Waals surface area contributed by atoms with Crippen molar-refractivity contribution in [3.05, 3.63) is 0 Å². The van der Waals surface area contributed by atoms with Crippen LogP contribution in [0, 0.1) is 0 Å². The standard InChI is InChI=1S/C5H10N2O5/c8-2-3(7-5(11)12)1-6-4(9)10/h3,6-8H,1-2H2,(H,9,10)(H,11,12)/t3-/m0/s1. The average Bonchev–Trinajstić information content (AvgIpc) is 1.97. The van der Waals surface area contributed by atoms with Gasteiger partial charge in [0.2, 0.25) is 0 Å². The zero-order chi connectivity index (χ0) is 9.56. The van der Waals surface area contributed by atoms with Gasteiger partial charge in [0, 0.05) is 6.54 Å². The van der Waals surface area contributed by atoms with Crippen molar-refractivity contribution in [3.63, 3.8) is 0 Å². The van der Waals surface area contributed by atoms with Crippen LogP contribution in [-0.4, -0.2) is 46.7 Å². The summed E-state index contributed by atoms with van der Waals surface area (Å²) < 4.78 is 0. The predicted molar refractivity (Wildman–Crippen MR) is 38.1 cm³/mol. The molecule has 0 spiro atoms. The Morgan fingerprint density at radius 3 is 2.17 bits per heavy atom. The molecule has 0 aromatic carbocycles. The van der Waals surface area contributed by atoms with Gasteiger partial charge in [0.25, 0.3) is 0 Å². The first-order valence-corrected chi connectivity index (χ1v) is 3.13. The van der Waals surface area contributed by atoms with E-state index in [9.17, 15) is 9.59 Å². The highest BCUT2D eigenvalue weighted by atomic mass is 16.4. The number of nitrogens with one attached hydrogen (secondary N) is 2. The van der Waals surface area contributed by atoms with E-state index in [0.29, 0.717) is 0 Å². The lowest BCUT2D eigenvalue weighted by atomic mass is 10.3. The second kappa shape index (κ2) is 5.19. The highest BCUT2D eigenvalue weighted by Gasteiger charge is 2.10. The molecule has 1 atom stereocenters. The van der Waals surface area contributed by atoms with Crippen LogP contribution in [0.15, 0.2) is 0 Å². The molecule has 0 unspecified atom stereocenters. The first-order chi connectivity index (χ1) is 5.56. The van der Waals surface area contributed by atoms with E-state index in [2.05, 4.69) is 0 Å². The largest absolute Gasteiger partial charge is 0.465 e. The SMILES string of the molecule is O=C(O)NC[C@@H](CO)NC(=O)O. The zero-order valence-electron chi connectivity index (χ0n) is 6.15. The van der Waals surface area contributed by atoms with Gasteiger partial charge < -0.3 is 26.0 Å². The Morgan fingerprint density at radius 2 is 1.83 bits per heavy atom. The molecule has 0 aliphatic rings. The molecule has 0 rings (SSSR count). The molecule has 0 radical (unpaired) electrons. The molecular weight excluding hydrogens is 168 g/mol. The van der Waals surface area contributed by atoms with Gasteiger partial charge in [-0.25, -0.2) is 9.59 Å². The first kappa shape index (κ1) is 10.5. The van der Waals surface area contributed by atoms with Crippen LogP contribution in [0.1, 0.15) is 0 Å². The minimum atomic E-state index is -1.30. The minimum absolute atomic E-state index is 0.155. The van der Waals surface area contributed by atoms with E-state index in [1.54, 1.807) is 0 Å². The number of amides is 2. The number of rotatable bonds is 4. The molecule has 0 aromatic rings. The van der Waals surface area contributed by atoms with Gasteiger partial charge in [-0.15, -0.1) is 0 Å². The molecule has 0 saturated carbocycles. The number of aliphatic hydroxyl groups is 1. The van der Waals surface area contributed by atoms with Crippen molar-refractivity contribution in [1.29, 1.82) is 0 Å². The average molecular weight is 178 g/mol. The molecule has 7 heteroatoms. The lowest BCUT2D eigenvalue weighted by Gasteiger charge is -2.12. The van der Waals surface area contributed by atoms with E-state index < -0.39 is 24.8 Å². The molecule has 0 fully saturated rings. The molecule has 5 N–H and O–H groups in total. The first-order valence-electron chi connectivity index (χ1n) is 3.13. The van der Waals surface area contributed by atoms with E-state index in [-0.39, 0.29) is 6.54 Å². The zero-order valence-corrected chi connectivity index (χ0v) is 6.15. The topological polar surface area (TPSA) is 119 Å². The molecule has 12 heavy (non-hydrogen) atoms. The molecule has 0 aliphatic heterocycles. The molecule has 0 aromatic heterocycles. The number of carboxylic acid groups (broad SMARTS) is 2. The Labute approximate surface area is 68.0 Å². The maximum atomic E-state index is 10.0.